The molecule has 2 aromatic rings. The van der Waals surface area contributed by atoms with Gasteiger partial charge in [-0.25, -0.2) is 0 Å². The van der Waals surface area contributed by atoms with Crippen LogP contribution < -0.4 is 10.2 Å². The van der Waals surface area contributed by atoms with E-state index in [1.807, 2.05) is 25.1 Å². The highest BCUT2D eigenvalue weighted by atomic mass is 79.9. The van der Waals surface area contributed by atoms with Crippen molar-refractivity contribution in [1.82, 2.24) is 4.37 Å². The van der Waals surface area contributed by atoms with Crippen molar-refractivity contribution in [3.8, 4) is 0 Å². The van der Waals surface area contributed by atoms with Crippen LogP contribution in [-0.4, -0.2) is 23.4 Å². The Labute approximate surface area is 154 Å². The number of carbonyl (C=O) groups is 1. The number of hydrogen-bond donors (Lipinski definition) is 1. The molecule has 24 heavy (non-hydrogen) atoms. The van der Waals surface area contributed by atoms with Crippen molar-refractivity contribution < 1.29 is 4.79 Å². The molecule has 0 bridgehead atoms. The van der Waals surface area contributed by atoms with E-state index in [2.05, 4.69) is 54.6 Å². The molecular formula is C16H20BrN5OS. The highest BCUT2D eigenvalue weighted by Gasteiger charge is 2.10. The Bertz CT molecular complexity index is 755. The van der Waals surface area contributed by atoms with Crippen molar-refractivity contribution in [2.24, 2.45) is 10.2 Å². The molecule has 1 aromatic heterocycles. The first-order valence-electron chi connectivity index (χ1n) is 7.66. The second-order valence-electron chi connectivity index (χ2n) is 5.14. The maximum atomic E-state index is 11.5. The maximum Gasteiger partial charge on any atom is 0.221 e. The number of nitrogens with one attached hydrogen (secondary N) is 1. The molecule has 0 saturated heterocycles. The van der Waals surface area contributed by atoms with Crippen molar-refractivity contribution in [2.45, 2.75) is 27.7 Å². The lowest BCUT2D eigenvalue weighted by atomic mass is 10.2. The van der Waals surface area contributed by atoms with Gasteiger partial charge in [0, 0.05) is 25.7 Å². The van der Waals surface area contributed by atoms with E-state index in [1.54, 1.807) is 0 Å². The summed E-state index contributed by atoms with van der Waals surface area (Å²) in [6, 6.07) is 5.78. The predicted octanol–water partition coefficient (Wildman–Crippen LogP) is 5.43. The number of amides is 1. The van der Waals surface area contributed by atoms with Crippen LogP contribution >= 0.6 is 27.5 Å². The monoisotopic (exact) mass is 409 g/mol. The first-order valence-corrected chi connectivity index (χ1v) is 9.23. The molecule has 0 aliphatic carbocycles. The summed E-state index contributed by atoms with van der Waals surface area (Å²) in [5.74, 6) is -0.141. The zero-order valence-electron chi connectivity index (χ0n) is 14.1. The van der Waals surface area contributed by atoms with Gasteiger partial charge >= 0.3 is 0 Å². The minimum absolute atomic E-state index is 0.141. The van der Waals surface area contributed by atoms with Gasteiger partial charge in [0.2, 0.25) is 5.91 Å². The van der Waals surface area contributed by atoms with Crippen molar-refractivity contribution in [3.05, 3.63) is 28.4 Å². The minimum Gasteiger partial charge on any atom is -0.372 e. The van der Waals surface area contributed by atoms with Crippen molar-refractivity contribution in [1.29, 1.82) is 0 Å². The molecule has 0 fully saturated rings. The van der Waals surface area contributed by atoms with Crippen LogP contribution in [0.3, 0.4) is 0 Å². The number of aryl methyl sites for hydroxylation is 1. The summed E-state index contributed by atoms with van der Waals surface area (Å²) >= 11 is 4.73. The summed E-state index contributed by atoms with van der Waals surface area (Å²) in [6.07, 6.45) is 0. The van der Waals surface area contributed by atoms with E-state index in [1.165, 1.54) is 18.5 Å². The standard InChI is InChI=1S/C16H20BrN5OS/c1-5-22(6-2)12-7-8-13(14(9-12)18-11(4)23)19-20-16-15(17)10(3)21-24-16/h7-9H,5-6H2,1-4H3,(H,18,23)/b20-19+. The van der Waals surface area contributed by atoms with Crippen molar-refractivity contribution in [3.63, 3.8) is 0 Å². The van der Waals surface area contributed by atoms with Crippen molar-refractivity contribution in [2.75, 3.05) is 23.3 Å². The van der Waals surface area contributed by atoms with E-state index in [0.717, 1.165) is 28.9 Å². The molecule has 0 radical (unpaired) electrons. The Kier molecular flexibility index (Phi) is 6.44. The van der Waals surface area contributed by atoms with Crippen LogP contribution in [0.4, 0.5) is 22.1 Å². The van der Waals surface area contributed by atoms with E-state index < -0.39 is 0 Å². The first kappa shape index (κ1) is 18.5. The van der Waals surface area contributed by atoms with Gasteiger partial charge in [-0.1, -0.05) is 0 Å². The number of rotatable bonds is 6. The number of anilines is 2. The number of nitrogens with zero attached hydrogens (tertiary/aromatic N) is 4. The van der Waals surface area contributed by atoms with Gasteiger partial charge in [-0.2, -0.15) is 4.37 Å². The molecular weight excluding hydrogens is 390 g/mol. The Balaban J connectivity index is 2.37. The fourth-order valence-electron chi connectivity index (χ4n) is 2.19. The highest BCUT2D eigenvalue weighted by molar-refractivity contribution is 9.10. The number of hydrogen-bond acceptors (Lipinski definition) is 6. The number of azo groups is 1. The fourth-order valence-corrected chi connectivity index (χ4v) is 3.32. The third-order valence-corrected chi connectivity index (χ3v) is 5.48. The Morgan fingerprint density at radius 2 is 2.04 bits per heavy atom. The van der Waals surface area contributed by atoms with Gasteiger partial charge in [-0.05, 0) is 66.4 Å². The Hall–Kier alpha value is -1.80. The Morgan fingerprint density at radius 1 is 1.33 bits per heavy atom. The van der Waals surface area contributed by atoms with E-state index in [4.69, 9.17) is 0 Å². The summed E-state index contributed by atoms with van der Waals surface area (Å²) in [4.78, 5) is 13.7. The molecule has 0 spiro atoms. The van der Waals surface area contributed by atoms with Gasteiger partial charge in [0.15, 0.2) is 5.00 Å². The largest absolute Gasteiger partial charge is 0.372 e. The molecule has 1 N–H and O–H groups in total. The maximum absolute atomic E-state index is 11.5. The minimum atomic E-state index is -0.141. The van der Waals surface area contributed by atoms with Crippen LogP contribution in [-0.2, 0) is 4.79 Å². The average Bonchev–Trinajstić information content (AvgIpc) is 2.86. The third-order valence-electron chi connectivity index (χ3n) is 3.44. The van der Waals surface area contributed by atoms with Crippen LogP contribution in [0, 0.1) is 6.92 Å². The SMILES string of the molecule is CCN(CC)c1ccc(/N=N/c2snc(C)c2Br)c(NC(C)=O)c1. The molecule has 0 aliphatic rings. The molecule has 2 rings (SSSR count). The molecule has 8 heteroatoms. The molecule has 0 aliphatic heterocycles. The van der Waals surface area contributed by atoms with Gasteiger partial charge in [-0.3, -0.25) is 4.79 Å². The molecule has 0 unspecified atom stereocenters. The summed E-state index contributed by atoms with van der Waals surface area (Å²) in [5.41, 5.74) is 3.18. The van der Waals surface area contributed by atoms with E-state index in [-0.39, 0.29) is 5.91 Å². The smallest absolute Gasteiger partial charge is 0.221 e. The first-order chi connectivity index (χ1) is 11.5. The summed E-state index contributed by atoms with van der Waals surface area (Å²) in [5, 5.41) is 12.1. The Morgan fingerprint density at radius 3 is 2.58 bits per heavy atom. The summed E-state index contributed by atoms with van der Waals surface area (Å²) in [6.45, 7) is 9.36. The lowest BCUT2D eigenvalue weighted by Crippen LogP contribution is -2.21. The molecule has 1 heterocycles. The second kappa shape index (κ2) is 8.34. The molecule has 0 atom stereocenters. The van der Waals surface area contributed by atoms with Crippen LogP contribution in [0.5, 0.6) is 0 Å². The quantitative estimate of drug-likeness (QED) is 0.646. The van der Waals surface area contributed by atoms with Gasteiger partial charge in [-0.15, -0.1) is 10.2 Å². The number of aromatic nitrogens is 1. The number of halogens is 1. The van der Waals surface area contributed by atoms with Gasteiger partial charge < -0.3 is 10.2 Å². The van der Waals surface area contributed by atoms with Gasteiger partial charge in [0.25, 0.3) is 0 Å². The van der Waals surface area contributed by atoms with E-state index >= 15 is 0 Å². The molecule has 6 nitrogen and oxygen atoms in total. The van der Waals surface area contributed by atoms with Crippen molar-refractivity contribution >= 4 is 55.4 Å². The normalized spacial score (nSPS) is 11.0. The topological polar surface area (TPSA) is 70.0 Å². The summed E-state index contributed by atoms with van der Waals surface area (Å²) in [7, 11) is 0. The van der Waals surface area contributed by atoms with Gasteiger partial charge in [0.05, 0.1) is 15.9 Å². The van der Waals surface area contributed by atoms with Crippen LogP contribution in [0.2, 0.25) is 0 Å². The second-order valence-corrected chi connectivity index (χ2v) is 6.69. The molecule has 1 amide bonds. The summed E-state index contributed by atoms with van der Waals surface area (Å²) < 4.78 is 5.07. The molecule has 0 saturated carbocycles. The third kappa shape index (κ3) is 4.39. The van der Waals surface area contributed by atoms with Gasteiger partial charge in [0.1, 0.15) is 5.69 Å². The predicted molar refractivity (Wildman–Crippen MR) is 103 cm³/mol. The lowest BCUT2D eigenvalue weighted by Gasteiger charge is -2.22. The zero-order valence-corrected chi connectivity index (χ0v) is 16.5. The molecule has 1 aromatic carbocycles. The van der Waals surface area contributed by atoms with Crippen LogP contribution in [0.15, 0.2) is 32.9 Å². The molecule has 128 valence electrons. The van der Waals surface area contributed by atoms with E-state index in [0.29, 0.717) is 16.4 Å². The fraction of sp³-hybridized carbons (Fsp3) is 0.375. The highest BCUT2D eigenvalue weighted by Crippen LogP contribution is 2.36. The average molecular weight is 410 g/mol. The number of carbonyl (C=O) groups excluding carboxylic acids is 1. The lowest BCUT2D eigenvalue weighted by molar-refractivity contribution is -0.114. The zero-order chi connectivity index (χ0) is 17.7. The van der Waals surface area contributed by atoms with Crippen LogP contribution in [0.25, 0.3) is 0 Å². The number of benzene rings is 1. The van der Waals surface area contributed by atoms with E-state index in [9.17, 15) is 4.79 Å². The van der Waals surface area contributed by atoms with Crippen LogP contribution in [0.1, 0.15) is 26.5 Å².